The van der Waals surface area contributed by atoms with E-state index in [2.05, 4.69) is 11.6 Å². The van der Waals surface area contributed by atoms with Gasteiger partial charge in [0.15, 0.2) is 5.60 Å². The first kappa shape index (κ1) is 34.5. The van der Waals surface area contributed by atoms with Crippen molar-refractivity contribution in [2.45, 2.75) is 103 Å². The molecule has 0 N–H and O–H groups in total. The summed E-state index contributed by atoms with van der Waals surface area (Å²) in [7, 11) is 0. The molecule has 1 aliphatic heterocycles. The van der Waals surface area contributed by atoms with Crippen molar-refractivity contribution in [2.75, 3.05) is 6.61 Å². The predicted octanol–water partition coefficient (Wildman–Crippen LogP) is 4.73. The van der Waals surface area contributed by atoms with E-state index in [0.29, 0.717) is 18.4 Å². The van der Waals surface area contributed by atoms with Gasteiger partial charge in [0, 0.05) is 50.4 Å². The van der Waals surface area contributed by atoms with E-state index in [0.717, 1.165) is 0 Å². The minimum atomic E-state index is -1.88. The van der Waals surface area contributed by atoms with Crippen LogP contribution in [0.3, 0.4) is 0 Å². The Hall–Kier alpha value is -3.86. The van der Waals surface area contributed by atoms with Gasteiger partial charge in [-0.05, 0) is 50.8 Å². The lowest BCUT2D eigenvalue weighted by Crippen LogP contribution is -2.62. The molecule has 3 aliphatic carbocycles. The number of fused-ring (bicyclic) bond motifs is 1. The summed E-state index contributed by atoms with van der Waals surface area (Å²) in [5.74, 6) is -5.77. The Kier molecular flexibility index (Phi) is 9.52. The number of nitrogens with zero attached hydrogens (tertiary/aromatic N) is 1. The Morgan fingerprint density at radius 2 is 1.72 bits per heavy atom. The number of ketones is 1. The van der Waals surface area contributed by atoms with E-state index < -0.39 is 88.3 Å². The number of carbonyl (C=O) groups is 5. The van der Waals surface area contributed by atoms with Crippen LogP contribution in [0, 0.1) is 29.1 Å². The molecule has 1 aromatic heterocycles. The average Bonchev–Trinajstić information content (AvgIpc) is 3.47. The maximum Gasteiger partial charge on any atom is 0.340 e. The number of hydrogen-bond donors (Lipinski definition) is 0. The van der Waals surface area contributed by atoms with Crippen molar-refractivity contribution in [3.8, 4) is 0 Å². The number of allylic oxidation sites excluding steroid dienone is 2. The van der Waals surface area contributed by atoms with Crippen molar-refractivity contribution in [2.24, 2.45) is 29.1 Å². The highest BCUT2D eigenvalue weighted by molar-refractivity contribution is 5.98. The highest BCUT2D eigenvalue weighted by Gasteiger charge is 2.81. The molecule has 2 saturated carbocycles. The number of esters is 4. The number of carbonyl (C=O) groups excluding carboxylic acids is 5. The Bertz CT molecular complexity index is 1470. The molecule has 1 aromatic rings. The van der Waals surface area contributed by atoms with E-state index >= 15 is 4.79 Å². The lowest BCUT2D eigenvalue weighted by Gasteiger charge is -2.51. The second-order valence-corrected chi connectivity index (χ2v) is 13.7. The summed E-state index contributed by atoms with van der Waals surface area (Å²) in [6, 6.07) is 3.19. The van der Waals surface area contributed by atoms with Gasteiger partial charge in [-0.1, -0.05) is 39.0 Å². The lowest BCUT2D eigenvalue weighted by atomic mass is 9.55. The van der Waals surface area contributed by atoms with Crippen molar-refractivity contribution < 1.29 is 47.7 Å². The zero-order valence-electron chi connectivity index (χ0n) is 28.0. The van der Waals surface area contributed by atoms with Crippen molar-refractivity contribution in [3.05, 3.63) is 54.4 Å². The minimum absolute atomic E-state index is 0.00896. The van der Waals surface area contributed by atoms with Gasteiger partial charge < -0.3 is 23.7 Å². The van der Waals surface area contributed by atoms with Gasteiger partial charge in [-0.3, -0.25) is 24.2 Å². The summed E-state index contributed by atoms with van der Waals surface area (Å²) in [6.45, 7) is 14.3. The van der Waals surface area contributed by atoms with Gasteiger partial charge in [0.2, 0.25) is 5.78 Å². The van der Waals surface area contributed by atoms with Crippen molar-refractivity contribution >= 4 is 29.7 Å². The molecule has 2 heterocycles. The largest absolute Gasteiger partial charge is 0.461 e. The molecular weight excluding hydrogens is 606 g/mol. The summed E-state index contributed by atoms with van der Waals surface area (Å²) < 4.78 is 31.5. The van der Waals surface area contributed by atoms with Crippen molar-refractivity contribution in [1.82, 2.24) is 4.98 Å². The Balaban J connectivity index is 1.80. The Labute approximate surface area is 275 Å². The van der Waals surface area contributed by atoms with Gasteiger partial charge in [0.25, 0.3) is 0 Å². The number of pyridine rings is 1. The molecule has 11 heteroatoms. The molecule has 1 saturated heterocycles. The second-order valence-electron chi connectivity index (χ2n) is 13.7. The SMILES string of the molecule is C=C(C)C1C=CC(OC(=O)c2cccnc2)C23COC(C)(C(=O)C4(OC(C)=O)CC(C)C(OC(=O)CCC)C4C2OC(=O)CCC)C13. The molecule has 0 amide bonds. The fourth-order valence-corrected chi connectivity index (χ4v) is 8.68. The van der Waals surface area contributed by atoms with Crippen LogP contribution in [0.5, 0.6) is 0 Å². The Morgan fingerprint density at radius 1 is 1.04 bits per heavy atom. The zero-order valence-corrected chi connectivity index (χ0v) is 28.0. The monoisotopic (exact) mass is 651 g/mol. The van der Waals surface area contributed by atoms with Crippen LogP contribution in [0.4, 0.5) is 0 Å². The summed E-state index contributed by atoms with van der Waals surface area (Å²) in [6.07, 6.45) is 4.43. The third-order valence-electron chi connectivity index (χ3n) is 10.4. The number of ether oxygens (including phenoxy) is 5. The van der Waals surface area contributed by atoms with Gasteiger partial charge in [0.1, 0.15) is 23.9 Å². The molecule has 47 heavy (non-hydrogen) atoms. The summed E-state index contributed by atoms with van der Waals surface area (Å²) in [5.41, 5.74) is -3.94. The molecule has 0 spiro atoms. The number of hydrogen-bond acceptors (Lipinski definition) is 11. The number of Topliss-reactive ketones (excluding diaryl/α,β-unsaturated/α-hetero) is 1. The van der Waals surface area contributed by atoms with Crippen LogP contribution in [0.15, 0.2) is 48.8 Å². The predicted molar refractivity (Wildman–Crippen MR) is 168 cm³/mol. The zero-order chi connectivity index (χ0) is 34.3. The quantitative estimate of drug-likeness (QED) is 0.197. The molecule has 0 aromatic carbocycles. The first-order valence-corrected chi connectivity index (χ1v) is 16.5. The smallest absolute Gasteiger partial charge is 0.340 e. The van der Waals surface area contributed by atoms with Gasteiger partial charge in [0.05, 0.1) is 23.5 Å². The second kappa shape index (κ2) is 13.0. The molecule has 10 atom stereocenters. The summed E-state index contributed by atoms with van der Waals surface area (Å²) >= 11 is 0. The van der Waals surface area contributed by atoms with Crippen molar-refractivity contribution in [1.29, 1.82) is 0 Å². The molecule has 10 unspecified atom stereocenters. The van der Waals surface area contributed by atoms with Gasteiger partial charge >= 0.3 is 23.9 Å². The highest BCUT2D eigenvalue weighted by Crippen LogP contribution is 2.67. The van der Waals surface area contributed by atoms with Gasteiger partial charge in [-0.25, -0.2) is 4.79 Å². The van der Waals surface area contributed by atoms with E-state index in [1.54, 1.807) is 25.1 Å². The van der Waals surface area contributed by atoms with Crippen LogP contribution in [0.2, 0.25) is 0 Å². The molecule has 254 valence electrons. The Morgan fingerprint density at radius 3 is 2.32 bits per heavy atom. The molecule has 0 radical (unpaired) electrons. The normalized spacial score (nSPS) is 36.8. The topological polar surface area (TPSA) is 144 Å². The first-order chi connectivity index (χ1) is 22.3. The van der Waals surface area contributed by atoms with Gasteiger partial charge in [-0.15, -0.1) is 0 Å². The average molecular weight is 652 g/mol. The lowest BCUT2D eigenvalue weighted by molar-refractivity contribution is -0.210. The summed E-state index contributed by atoms with van der Waals surface area (Å²) in [4.78, 5) is 72.6. The molecule has 3 fully saturated rings. The number of rotatable bonds is 10. The van der Waals surface area contributed by atoms with Crippen LogP contribution in [-0.2, 0) is 42.9 Å². The standard InChI is InChI=1S/C36H45NO10/c1-8-11-26(39)45-29-21(5)17-36(47-22(6)38)28(29)31(46-27(40)12-9-2)35-19-43-34(7,33(36)42)30(35)24(20(3)4)14-15-25(35)44-32(41)23-13-10-16-37-18-23/h10,13-16,18,21,24-25,28-31H,3,8-9,11-12,17,19H2,1-2,4-7H3. The molecule has 11 nitrogen and oxygen atoms in total. The van der Waals surface area contributed by atoms with E-state index in [1.807, 2.05) is 33.8 Å². The van der Waals surface area contributed by atoms with Crippen LogP contribution in [0.1, 0.15) is 84.0 Å². The molecule has 4 aliphatic rings. The summed E-state index contributed by atoms with van der Waals surface area (Å²) in [5, 5.41) is 0. The van der Waals surface area contributed by atoms with Crippen LogP contribution >= 0.6 is 0 Å². The van der Waals surface area contributed by atoms with Crippen molar-refractivity contribution in [3.63, 3.8) is 0 Å². The fraction of sp³-hybridized carbons (Fsp3) is 0.611. The van der Waals surface area contributed by atoms with E-state index in [-0.39, 0.29) is 31.4 Å². The van der Waals surface area contributed by atoms with Crippen LogP contribution in [0.25, 0.3) is 0 Å². The molecule has 5 rings (SSSR count). The van der Waals surface area contributed by atoms with E-state index in [4.69, 9.17) is 23.7 Å². The molecular formula is C36H45NO10. The van der Waals surface area contributed by atoms with Crippen LogP contribution in [-0.4, -0.2) is 70.8 Å². The fourth-order valence-electron chi connectivity index (χ4n) is 8.68. The van der Waals surface area contributed by atoms with E-state index in [9.17, 15) is 19.2 Å². The van der Waals surface area contributed by atoms with E-state index in [1.165, 1.54) is 19.3 Å². The number of aromatic nitrogens is 1. The maximum atomic E-state index is 15.2. The highest BCUT2D eigenvalue weighted by atomic mass is 16.6. The van der Waals surface area contributed by atoms with Crippen LogP contribution < -0.4 is 0 Å². The maximum absolute atomic E-state index is 15.2. The third kappa shape index (κ3) is 5.60. The first-order valence-electron chi connectivity index (χ1n) is 16.5. The van der Waals surface area contributed by atoms with Gasteiger partial charge in [-0.2, -0.15) is 0 Å². The molecule has 2 bridgehead atoms. The minimum Gasteiger partial charge on any atom is -0.461 e. The third-order valence-corrected chi connectivity index (χ3v) is 10.4.